The number of thioether (sulfide) groups is 1. The molecule has 1 atom stereocenters. The van der Waals surface area contributed by atoms with Crippen LogP contribution in [0.1, 0.15) is 39.2 Å². The second kappa shape index (κ2) is 12.0. The summed E-state index contributed by atoms with van der Waals surface area (Å²) in [6.07, 6.45) is 0.787. The number of halogens is 2. The van der Waals surface area contributed by atoms with E-state index >= 15 is 0 Å². The quantitative estimate of drug-likeness (QED) is 0.500. The van der Waals surface area contributed by atoms with Gasteiger partial charge in [0.25, 0.3) is 0 Å². The van der Waals surface area contributed by atoms with Crippen LogP contribution in [0.5, 0.6) is 0 Å². The van der Waals surface area contributed by atoms with Gasteiger partial charge in [-0.25, -0.2) is 4.39 Å². The Morgan fingerprint density at radius 1 is 1.10 bits per heavy atom. The van der Waals surface area contributed by atoms with Gasteiger partial charge in [-0.05, 0) is 62.2 Å². The zero-order valence-corrected chi connectivity index (χ0v) is 19.1. The Bertz CT molecular complexity index is 828. The number of hydrogen-bond acceptors (Lipinski definition) is 3. The molecule has 0 saturated heterocycles. The highest BCUT2D eigenvalue weighted by molar-refractivity contribution is 7.99. The molecule has 0 radical (unpaired) electrons. The SMILES string of the molecule is CC[C@@H](C(=O)NC(C)C)N(Cc1ccc(F)cc1)C(=O)CCSc1ccc(Cl)cc1. The Hall–Kier alpha value is -2.05. The van der Waals surface area contributed by atoms with Crippen LogP contribution in [0.3, 0.4) is 0 Å². The molecule has 0 bridgehead atoms. The summed E-state index contributed by atoms with van der Waals surface area (Å²) < 4.78 is 13.3. The van der Waals surface area contributed by atoms with Crippen LogP contribution in [-0.2, 0) is 16.1 Å². The van der Waals surface area contributed by atoms with Crippen molar-refractivity contribution in [2.24, 2.45) is 0 Å². The van der Waals surface area contributed by atoms with Gasteiger partial charge in [0.2, 0.25) is 11.8 Å². The van der Waals surface area contributed by atoms with Crippen molar-refractivity contribution in [3.63, 3.8) is 0 Å². The summed E-state index contributed by atoms with van der Waals surface area (Å²) in [5.41, 5.74) is 0.783. The number of nitrogens with one attached hydrogen (secondary N) is 1. The largest absolute Gasteiger partial charge is 0.352 e. The minimum atomic E-state index is -0.578. The van der Waals surface area contributed by atoms with Crippen LogP contribution in [0, 0.1) is 5.82 Å². The third-order valence-corrected chi connectivity index (χ3v) is 5.75. The fourth-order valence-electron chi connectivity index (χ4n) is 3.02. The second-order valence-corrected chi connectivity index (χ2v) is 8.89. The Morgan fingerprint density at radius 2 is 1.73 bits per heavy atom. The van der Waals surface area contributed by atoms with Gasteiger partial charge >= 0.3 is 0 Å². The summed E-state index contributed by atoms with van der Waals surface area (Å²) in [6, 6.07) is 12.9. The van der Waals surface area contributed by atoms with Crippen LogP contribution in [0.25, 0.3) is 0 Å². The molecule has 0 saturated carbocycles. The maximum Gasteiger partial charge on any atom is 0.243 e. The van der Waals surface area contributed by atoms with E-state index in [1.807, 2.05) is 45.0 Å². The van der Waals surface area contributed by atoms with Crippen molar-refractivity contribution in [1.29, 1.82) is 0 Å². The smallest absolute Gasteiger partial charge is 0.243 e. The van der Waals surface area contributed by atoms with E-state index in [0.29, 0.717) is 23.6 Å². The molecule has 0 unspecified atom stereocenters. The third-order valence-electron chi connectivity index (χ3n) is 4.48. The highest BCUT2D eigenvalue weighted by Crippen LogP contribution is 2.22. The van der Waals surface area contributed by atoms with Gasteiger partial charge in [0, 0.05) is 34.7 Å². The number of amides is 2. The normalized spacial score (nSPS) is 11.9. The molecule has 162 valence electrons. The number of rotatable bonds is 10. The van der Waals surface area contributed by atoms with Crippen LogP contribution < -0.4 is 5.32 Å². The van der Waals surface area contributed by atoms with Crippen molar-refractivity contribution in [2.45, 2.75) is 57.1 Å². The lowest BCUT2D eigenvalue weighted by molar-refractivity contribution is -0.141. The van der Waals surface area contributed by atoms with Gasteiger partial charge in [-0.1, -0.05) is 30.7 Å². The van der Waals surface area contributed by atoms with Gasteiger partial charge in [0.1, 0.15) is 11.9 Å². The molecule has 2 aromatic carbocycles. The standard InChI is InChI=1S/C23H28ClFN2O2S/c1-4-21(23(29)26-16(2)3)27(15-17-5-9-19(25)10-6-17)22(28)13-14-30-20-11-7-18(24)8-12-20/h5-12,16,21H,4,13-15H2,1-3H3,(H,26,29)/t21-/m0/s1. The van der Waals surface area contributed by atoms with E-state index in [1.54, 1.807) is 28.8 Å². The summed E-state index contributed by atoms with van der Waals surface area (Å²) in [6.45, 7) is 5.92. The molecule has 7 heteroatoms. The first kappa shape index (κ1) is 24.2. The van der Waals surface area contributed by atoms with E-state index in [-0.39, 0.29) is 30.2 Å². The van der Waals surface area contributed by atoms with Gasteiger partial charge in [-0.15, -0.1) is 11.8 Å². The van der Waals surface area contributed by atoms with Gasteiger partial charge in [-0.3, -0.25) is 9.59 Å². The molecule has 0 spiro atoms. The average Bonchev–Trinajstić information content (AvgIpc) is 2.70. The summed E-state index contributed by atoms with van der Waals surface area (Å²) in [7, 11) is 0. The lowest BCUT2D eigenvalue weighted by atomic mass is 10.1. The minimum absolute atomic E-state index is 0.0187. The lowest BCUT2D eigenvalue weighted by Crippen LogP contribution is -2.50. The molecule has 0 fully saturated rings. The number of hydrogen-bond donors (Lipinski definition) is 1. The Balaban J connectivity index is 2.11. The molecule has 1 N–H and O–H groups in total. The van der Waals surface area contributed by atoms with E-state index in [1.165, 1.54) is 12.1 Å². The zero-order chi connectivity index (χ0) is 22.1. The monoisotopic (exact) mass is 450 g/mol. The lowest BCUT2D eigenvalue weighted by Gasteiger charge is -2.31. The van der Waals surface area contributed by atoms with Crippen molar-refractivity contribution < 1.29 is 14.0 Å². The molecule has 0 aliphatic heterocycles. The number of benzene rings is 2. The van der Waals surface area contributed by atoms with Crippen LogP contribution in [0.15, 0.2) is 53.4 Å². The fourth-order valence-corrected chi connectivity index (χ4v) is 3.98. The predicted molar refractivity (Wildman–Crippen MR) is 121 cm³/mol. The molecular formula is C23H28ClFN2O2S. The van der Waals surface area contributed by atoms with Crippen molar-refractivity contribution in [2.75, 3.05) is 5.75 Å². The maximum atomic E-state index is 13.3. The van der Waals surface area contributed by atoms with Gasteiger partial charge in [0.15, 0.2) is 0 Å². The highest BCUT2D eigenvalue weighted by Gasteiger charge is 2.28. The minimum Gasteiger partial charge on any atom is -0.352 e. The Kier molecular flexibility index (Phi) is 9.66. The maximum absolute atomic E-state index is 13.3. The summed E-state index contributed by atoms with van der Waals surface area (Å²) in [4.78, 5) is 28.4. The molecule has 2 amide bonds. The van der Waals surface area contributed by atoms with Crippen molar-refractivity contribution in [1.82, 2.24) is 10.2 Å². The van der Waals surface area contributed by atoms with Gasteiger partial charge in [-0.2, -0.15) is 0 Å². The van der Waals surface area contributed by atoms with Crippen LogP contribution in [0.4, 0.5) is 4.39 Å². The number of carbonyl (C=O) groups is 2. The number of nitrogens with zero attached hydrogens (tertiary/aromatic N) is 1. The Labute approximate surface area is 187 Å². The van der Waals surface area contributed by atoms with E-state index in [9.17, 15) is 14.0 Å². The molecule has 0 heterocycles. The summed E-state index contributed by atoms with van der Waals surface area (Å²) >= 11 is 7.47. The first-order valence-electron chi connectivity index (χ1n) is 10.0. The van der Waals surface area contributed by atoms with Crippen molar-refractivity contribution in [3.05, 3.63) is 64.9 Å². The summed E-state index contributed by atoms with van der Waals surface area (Å²) in [5, 5.41) is 3.57. The molecule has 0 aliphatic rings. The van der Waals surface area contributed by atoms with Crippen molar-refractivity contribution >= 4 is 35.2 Å². The second-order valence-electron chi connectivity index (χ2n) is 7.29. The van der Waals surface area contributed by atoms with Crippen LogP contribution >= 0.6 is 23.4 Å². The van der Waals surface area contributed by atoms with E-state index in [4.69, 9.17) is 11.6 Å². The molecule has 30 heavy (non-hydrogen) atoms. The van der Waals surface area contributed by atoms with Gasteiger partial charge in [0.05, 0.1) is 0 Å². The highest BCUT2D eigenvalue weighted by atomic mass is 35.5. The Morgan fingerprint density at radius 3 is 2.30 bits per heavy atom. The molecule has 4 nitrogen and oxygen atoms in total. The first-order chi connectivity index (χ1) is 14.3. The fraction of sp³-hybridized carbons (Fsp3) is 0.391. The molecule has 2 rings (SSSR count). The first-order valence-corrected chi connectivity index (χ1v) is 11.4. The topological polar surface area (TPSA) is 49.4 Å². The zero-order valence-electron chi connectivity index (χ0n) is 17.5. The molecular weight excluding hydrogens is 423 g/mol. The van der Waals surface area contributed by atoms with Crippen molar-refractivity contribution in [3.8, 4) is 0 Å². The van der Waals surface area contributed by atoms with E-state index in [2.05, 4.69) is 5.32 Å². The van der Waals surface area contributed by atoms with Crippen LogP contribution in [-0.4, -0.2) is 34.6 Å². The summed E-state index contributed by atoms with van der Waals surface area (Å²) in [5.74, 6) is -0.0248. The van der Waals surface area contributed by atoms with Crippen LogP contribution in [0.2, 0.25) is 5.02 Å². The molecule has 0 aliphatic carbocycles. The molecule has 2 aromatic rings. The predicted octanol–water partition coefficient (Wildman–Crippen LogP) is 5.29. The average molecular weight is 451 g/mol. The number of carbonyl (C=O) groups excluding carboxylic acids is 2. The molecule has 0 aromatic heterocycles. The van der Waals surface area contributed by atoms with E-state index < -0.39 is 6.04 Å². The third kappa shape index (κ3) is 7.65. The van der Waals surface area contributed by atoms with E-state index in [0.717, 1.165) is 10.5 Å². The van der Waals surface area contributed by atoms with Gasteiger partial charge < -0.3 is 10.2 Å².